The van der Waals surface area contributed by atoms with Gasteiger partial charge in [0.2, 0.25) is 0 Å². The molecule has 4 nitrogen and oxygen atoms in total. The normalized spacial score (nSPS) is 19.2. The van der Waals surface area contributed by atoms with E-state index in [2.05, 4.69) is 24.2 Å². The number of fused-ring (bicyclic) bond motifs is 1. The lowest BCUT2D eigenvalue weighted by molar-refractivity contribution is 0.253. The van der Waals surface area contributed by atoms with E-state index in [0.717, 1.165) is 37.4 Å². The molecule has 0 saturated carbocycles. The van der Waals surface area contributed by atoms with Crippen molar-refractivity contribution in [1.29, 1.82) is 0 Å². The van der Waals surface area contributed by atoms with Crippen LogP contribution in [0.25, 0.3) is 0 Å². The van der Waals surface area contributed by atoms with Crippen LogP contribution in [-0.2, 0) is 6.54 Å². The van der Waals surface area contributed by atoms with Gasteiger partial charge in [0, 0.05) is 18.7 Å². The molecule has 0 fully saturated rings. The van der Waals surface area contributed by atoms with Crippen molar-refractivity contribution in [3.8, 4) is 5.75 Å². The highest BCUT2D eigenvalue weighted by molar-refractivity contribution is 5.39. The Morgan fingerprint density at radius 2 is 2.25 bits per heavy atom. The molecule has 1 aliphatic rings. The van der Waals surface area contributed by atoms with E-state index < -0.39 is 0 Å². The number of para-hydroxylation sites is 1. The van der Waals surface area contributed by atoms with Crippen molar-refractivity contribution in [2.24, 2.45) is 5.73 Å². The molecular formula is C16H21N3O. The number of hydrogen-bond donors (Lipinski definition) is 1. The van der Waals surface area contributed by atoms with E-state index in [1.165, 1.54) is 5.56 Å². The van der Waals surface area contributed by atoms with Crippen LogP contribution in [0.4, 0.5) is 0 Å². The van der Waals surface area contributed by atoms with Gasteiger partial charge in [0.15, 0.2) is 0 Å². The summed E-state index contributed by atoms with van der Waals surface area (Å²) in [6.07, 6.45) is 3.86. The summed E-state index contributed by atoms with van der Waals surface area (Å²) in [5, 5.41) is 4.38. The Balaban J connectivity index is 1.91. The number of aryl methyl sites for hydroxylation is 1. The number of hydrogen-bond acceptors (Lipinski definition) is 3. The summed E-state index contributed by atoms with van der Waals surface area (Å²) >= 11 is 0. The Bertz CT molecular complexity index is 579. The molecule has 4 heteroatoms. The maximum atomic E-state index is 6.54. The van der Waals surface area contributed by atoms with Gasteiger partial charge in [-0.05, 0) is 30.5 Å². The molecule has 1 aliphatic heterocycles. The first-order valence-electron chi connectivity index (χ1n) is 7.30. The first-order valence-corrected chi connectivity index (χ1v) is 7.30. The fourth-order valence-electron chi connectivity index (χ4n) is 2.97. The number of nitrogens with zero attached hydrogens (tertiary/aromatic N) is 2. The first-order chi connectivity index (χ1) is 9.81. The lowest BCUT2D eigenvalue weighted by atomic mass is 9.85. The Morgan fingerprint density at radius 1 is 1.40 bits per heavy atom. The van der Waals surface area contributed by atoms with Gasteiger partial charge in [-0.25, -0.2) is 0 Å². The van der Waals surface area contributed by atoms with Gasteiger partial charge in [-0.15, -0.1) is 0 Å². The smallest absolute Gasteiger partial charge is 0.122 e. The van der Waals surface area contributed by atoms with Crippen molar-refractivity contribution in [3.63, 3.8) is 0 Å². The molecule has 20 heavy (non-hydrogen) atoms. The third-order valence-electron chi connectivity index (χ3n) is 3.96. The Morgan fingerprint density at radius 3 is 3.10 bits per heavy atom. The summed E-state index contributed by atoms with van der Waals surface area (Å²) in [5.41, 5.74) is 8.88. The molecule has 0 aliphatic carbocycles. The average molecular weight is 271 g/mol. The topological polar surface area (TPSA) is 53.1 Å². The molecule has 3 rings (SSSR count). The van der Waals surface area contributed by atoms with Gasteiger partial charge >= 0.3 is 0 Å². The van der Waals surface area contributed by atoms with Crippen molar-refractivity contribution in [3.05, 3.63) is 47.8 Å². The zero-order valence-corrected chi connectivity index (χ0v) is 11.8. The van der Waals surface area contributed by atoms with E-state index in [1.807, 2.05) is 29.1 Å². The molecule has 0 spiro atoms. The summed E-state index contributed by atoms with van der Waals surface area (Å²) in [6.45, 7) is 3.80. The van der Waals surface area contributed by atoms with Crippen molar-refractivity contribution in [2.75, 3.05) is 6.61 Å². The molecule has 0 amide bonds. The molecule has 0 bridgehead atoms. The zero-order chi connectivity index (χ0) is 13.9. The van der Waals surface area contributed by atoms with Crippen LogP contribution in [0.1, 0.15) is 43.0 Å². The second kappa shape index (κ2) is 5.67. The largest absolute Gasteiger partial charge is 0.493 e. The number of ether oxygens (including phenoxy) is 1. The molecular weight excluding hydrogens is 250 g/mol. The van der Waals surface area contributed by atoms with Crippen LogP contribution in [0.15, 0.2) is 36.5 Å². The minimum absolute atomic E-state index is 0.0332. The number of rotatable bonds is 4. The third kappa shape index (κ3) is 2.31. The van der Waals surface area contributed by atoms with Gasteiger partial charge in [-0.2, -0.15) is 5.10 Å². The van der Waals surface area contributed by atoms with Crippen LogP contribution < -0.4 is 10.5 Å². The van der Waals surface area contributed by atoms with E-state index in [0.29, 0.717) is 5.92 Å². The molecule has 2 aromatic rings. The first kappa shape index (κ1) is 13.2. The lowest BCUT2D eigenvalue weighted by Crippen LogP contribution is -2.27. The van der Waals surface area contributed by atoms with Crippen LogP contribution in [0.3, 0.4) is 0 Å². The van der Waals surface area contributed by atoms with Crippen LogP contribution >= 0.6 is 0 Å². The van der Waals surface area contributed by atoms with Gasteiger partial charge in [0.05, 0.1) is 18.3 Å². The van der Waals surface area contributed by atoms with Gasteiger partial charge in [0.1, 0.15) is 5.75 Å². The maximum Gasteiger partial charge on any atom is 0.122 e. The molecule has 1 aromatic carbocycles. The van der Waals surface area contributed by atoms with Crippen molar-refractivity contribution >= 4 is 0 Å². The monoisotopic (exact) mass is 271 g/mol. The Hall–Kier alpha value is -1.81. The second-order valence-electron chi connectivity index (χ2n) is 5.29. The van der Waals surface area contributed by atoms with Gasteiger partial charge < -0.3 is 10.5 Å². The summed E-state index contributed by atoms with van der Waals surface area (Å²) in [5.74, 6) is 1.27. The summed E-state index contributed by atoms with van der Waals surface area (Å²) in [6, 6.07) is 10.2. The van der Waals surface area contributed by atoms with E-state index in [4.69, 9.17) is 10.5 Å². The molecule has 2 N–H and O–H groups in total. The highest BCUT2D eigenvalue weighted by Crippen LogP contribution is 2.39. The number of benzene rings is 1. The van der Waals surface area contributed by atoms with Gasteiger partial charge in [-0.1, -0.05) is 25.1 Å². The Labute approximate surface area is 119 Å². The van der Waals surface area contributed by atoms with Gasteiger partial charge in [-0.3, -0.25) is 4.68 Å². The number of nitrogens with two attached hydrogens (primary N) is 1. The lowest BCUT2D eigenvalue weighted by Gasteiger charge is -2.30. The van der Waals surface area contributed by atoms with E-state index >= 15 is 0 Å². The quantitative estimate of drug-likeness (QED) is 0.930. The fourth-order valence-corrected chi connectivity index (χ4v) is 2.97. The number of aromatic nitrogens is 2. The minimum Gasteiger partial charge on any atom is -0.493 e. The molecule has 0 radical (unpaired) electrons. The summed E-state index contributed by atoms with van der Waals surface area (Å²) in [7, 11) is 0. The molecule has 2 heterocycles. The fraction of sp³-hybridized carbons (Fsp3) is 0.438. The standard InChI is InChI=1S/C16H21N3O/c1-2-10-19-14(7-9-18-19)16(17)13-8-11-20-15-6-4-3-5-12(13)15/h3-7,9,13,16H,2,8,10-11,17H2,1H3. The molecule has 0 saturated heterocycles. The Kier molecular flexibility index (Phi) is 3.74. The highest BCUT2D eigenvalue weighted by atomic mass is 16.5. The highest BCUT2D eigenvalue weighted by Gasteiger charge is 2.29. The van der Waals surface area contributed by atoms with Crippen molar-refractivity contribution in [2.45, 2.75) is 38.3 Å². The summed E-state index contributed by atoms with van der Waals surface area (Å²) < 4.78 is 7.75. The predicted molar refractivity (Wildman–Crippen MR) is 78.7 cm³/mol. The van der Waals surface area contributed by atoms with Crippen LogP contribution in [0, 0.1) is 0 Å². The van der Waals surface area contributed by atoms with E-state index in [1.54, 1.807) is 0 Å². The predicted octanol–water partition coefficient (Wildman–Crippen LogP) is 2.86. The van der Waals surface area contributed by atoms with Crippen molar-refractivity contribution in [1.82, 2.24) is 9.78 Å². The average Bonchev–Trinajstić information content (AvgIpc) is 2.94. The maximum absolute atomic E-state index is 6.54. The molecule has 2 unspecified atom stereocenters. The minimum atomic E-state index is -0.0332. The van der Waals surface area contributed by atoms with E-state index in [-0.39, 0.29) is 6.04 Å². The van der Waals surface area contributed by atoms with Crippen LogP contribution in [0.2, 0.25) is 0 Å². The molecule has 1 aromatic heterocycles. The van der Waals surface area contributed by atoms with Crippen LogP contribution in [-0.4, -0.2) is 16.4 Å². The zero-order valence-electron chi connectivity index (χ0n) is 11.8. The third-order valence-corrected chi connectivity index (χ3v) is 3.96. The molecule has 106 valence electrons. The van der Waals surface area contributed by atoms with Crippen LogP contribution in [0.5, 0.6) is 5.75 Å². The van der Waals surface area contributed by atoms with E-state index in [9.17, 15) is 0 Å². The van der Waals surface area contributed by atoms with Crippen molar-refractivity contribution < 1.29 is 4.74 Å². The SMILES string of the molecule is CCCn1nccc1C(N)C1CCOc2ccccc21. The summed E-state index contributed by atoms with van der Waals surface area (Å²) in [4.78, 5) is 0. The van der Waals surface area contributed by atoms with Gasteiger partial charge in [0.25, 0.3) is 0 Å². The molecule has 2 atom stereocenters. The second-order valence-corrected chi connectivity index (χ2v) is 5.29.